The van der Waals surface area contributed by atoms with Gasteiger partial charge in [0.25, 0.3) is 15.9 Å². The molecule has 0 bridgehead atoms. The van der Waals surface area contributed by atoms with E-state index in [0.717, 1.165) is 23.2 Å². The van der Waals surface area contributed by atoms with Gasteiger partial charge in [-0.3, -0.25) is 4.79 Å². The average Bonchev–Trinajstić information content (AvgIpc) is 3.21. The number of nitrogens with one attached hydrogen (secondary N) is 1. The van der Waals surface area contributed by atoms with E-state index in [-0.39, 0.29) is 4.90 Å². The van der Waals surface area contributed by atoms with Crippen LogP contribution in [0.5, 0.6) is 0 Å². The van der Waals surface area contributed by atoms with Crippen LogP contribution in [0.4, 0.5) is 0 Å². The molecule has 0 spiro atoms. The smallest absolute Gasteiger partial charge is 0.267 e. The Morgan fingerprint density at radius 3 is 2.75 bits per heavy atom. The largest absolute Gasteiger partial charge is 0.350 e. The van der Waals surface area contributed by atoms with Crippen molar-refractivity contribution in [2.24, 2.45) is 0 Å². The predicted octanol–water partition coefficient (Wildman–Crippen LogP) is 2.29. The number of benzene rings is 1. The van der Waals surface area contributed by atoms with Crippen molar-refractivity contribution in [1.29, 1.82) is 0 Å². The van der Waals surface area contributed by atoms with E-state index in [9.17, 15) is 13.2 Å². The maximum atomic E-state index is 12.6. The molecule has 28 heavy (non-hydrogen) atoms. The maximum Gasteiger partial charge on any atom is 0.267 e. The van der Waals surface area contributed by atoms with Crippen LogP contribution < -0.4 is 5.48 Å². The van der Waals surface area contributed by atoms with Crippen molar-refractivity contribution in [3.8, 4) is 12.3 Å². The van der Waals surface area contributed by atoms with Gasteiger partial charge in [0, 0.05) is 37.1 Å². The van der Waals surface area contributed by atoms with E-state index >= 15 is 0 Å². The summed E-state index contributed by atoms with van der Waals surface area (Å²) in [4.78, 5) is 17.1. The lowest BCUT2D eigenvalue weighted by molar-refractivity contribution is -0.198. The summed E-state index contributed by atoms with van der Waals surface area (Å²) in [6.07, 6.45) is 13.1. The third-order valence-corrected chi connectivity index (χ3v) is 5.79. The molecule has 7 nitrogen and oxygen atoms in total. The molecule has 1 amide bonds. The first-order valence-corrected chi connectivity index (χ1v) is 10.2. The molecule has 1 aliphatic rings. The zero-order chi connectivity index (χ0) is 20.0. The molecular weight excluding hydrogens is 380 g/mol. The standard InChI is InChI=1S/C20H20N2O5S/c1-2-16-6-9-18(10-7-16)28(24,25)22-13-12-17(15-22)8-11-19(23)21-27-20-5-3-4-14-26-20/h1,6-13,15,20H,3-5,14H2,(H,21,23). The first-order chi connectivity index (χ1) is 13.5. The molecule has 2 aromatic rings. The minimum atomic E-state index is -3.73. The van der Waals surface area contributed by atoms with Gasteiger partial charge in [0.1, 0.15) is 0 Å². The van der Waals surface area contributed by atoms with Gasteiger partial charge in [0.15, 0.2) is 6.29 Å². The number of carbonyl (C=O) groups is 1. The highest BCUT2D eigenvalue weighted by molar-refractivity contribution is 7.90. The summed E-state index contributed by atoms with van der Waals surface area (Å²) in [6, 6.07) is 7.63. The summed E-state index contributed by atoms with van der Waals surface area (Å²) in [5, 5.41) is 0. The lowest BCUT2D eigenvalue weighted by atomic mass is 10.2. The molecule has 3 rings (SSSR count). The van der Waals surface area contributed by atoms with Crippen LogP contribution >= 0.6 is 0 Å². The molecule has 1 aromatic carbocycles. The molecule has 1 atom stereocenters. The Labute approximate surface area is 164 Å². The van der Waals surface area contributed by atoms with E-state index in [4.69, 9.17) is 16.0 Å². The number of ether oxygens (including phenoxy) is 1. The summed E-state index contributed by atoms with van der Waals surface area (Å²) in [5.41, 5.74) is 3.45. The maximum absolute atomic E-state index is 12.6. The number of nitrogens with zero attached hydrogens (tertiary/aromatic N) is 1. The highest BCUT2D eigenvalue weighted by atomic mass is 32.2. The number of rotatable bonds is 6. The third kappa shape index (κ3) is 4.89. The number of amides is 1. The van der Waals surface area contributed by atoms with Crippen LogP contribution in [0.1, 0.15) is 30.4 Å². The monoisotopic (exact) mass is 400 g/mol. The van der Waals surface area contributed by atoms with Gasteiger partial charge in [0.2, 0.25) is 0 Å². The van der Waals surface area contributed by atoms with Crippen molar-refractivity contribution in [3.63, 3.8) is 0 Å². The Bertz CT molecular complexity index is 994. The number of terminal acetylenes is 1. The molecule has 1 fully saturated rings. The molecule has 0 radical (unpaired) electrons. The number of aromatic nitrogens is 1. The van der Waals surface area contributed by atoms with Crippen molar-refractivity contribution in [2.75, 3.05) is 6.61 Å². The van der Waals surface area contributed by atoms with Gasteiger partial charge >= 0.3 is 0 Å². The van der Waals surface area contributed by atoms with Gasteiger partial charge in [0.05, 0.1) is 4.90 Å². The van der Waals surface area contributed by atoms with E-state index in [1.165, 1.54) is 36.7 Å². The highest BCUT2D eigenvalue weighted by Gasteiger charge is 2.17. The van der Waals surface area contributed by atoms with Crippen LogP contribution in [0.15, 0.2) is 53.7 Å². The molecule has 0 saturated carbocycles. The summed E-state index contributed by atoms with van der Waals surface area (Å²) < 4.78 is 31.7. The van der Waals surface area contributed by atoms with Crippen LogP contribution in [0, 0.1) is 12.3 Å². The predicted molar refractivity (Wildman–Crippen MR) is 103 cm³/mol. The lowest BCUT2D eigenvalue weighted by Gasteiger charge is -2.21. The van der Waals surface area contributed by atoms with Gasteiger partial charge in [-0.25, -0.2) is 22.7 Å². The molecule has 1 unspecified atom stereocenters. The Balaban J connectivity index is 1.61. The molecule has 146 valence electrons. The van der Waals surface area contributed by atoms with E-state index < -0.39 is 22.2 Å². The van der Waals surface area contributed by atoms with E-state index in [1.54, 1.807) is 18.2 Å². The molecule has 2 heterocycles. The van der Waals surface area contributed by atoms with Crippen molar-refractivity contribution in [2.45, 2.75) is 30.4 Å². The second-order valence-electron chi connectivity index (χ2n) is 6.16. The van der Waals surface area contributed by atoms with Gasteiger partial charge < -0.3 is 4.74 Å². The topological polar surface area (TPSA) is 86.6 Å². The summed E-state index contributed by atoms with van der Waals surface area (Å²) >= 11 is 0. The van der Waals surface area contributed by atoms with Crippen LogP contribution in [0.2, 0.25) is 0 Å². The summed E-state index contributed by atoms with van der Waals surface area (Å²) in [7, 11) is -3.73. The molecule has 1 aliphatic heterocycles. The Morgan fingerprint density at radius 2 is 2.07 bits per heavy atom. The zero-order valence-electron chi connectivity index (χ0n) is 15.1. The fourth-order valence-electron chi connectivity index (χ4n) is 2.62. The number of hydrogen-bond acceptors (Lipinski definition) is 5. The third-order valence-electron chi connectivity index (χ3n) is 4.14. The summed E-state index contributed by atoms with van der Waals surface area (Å²) in [6.45, 7) is 0.615. The van der Waals surface area contributed by atoms with Gasteiger partial charge in [-0.2, -0.15) is 0 Å². The fraction of sp³-hybridized carbons (Fsp3) is 0.250. The van der Waals surface area contributed by atoms with Crippen molar-refractivity contribution in [1.82, 2.24) is 9.45 Å². The van der Waals surface area contributed by atoms with E-state index in [2.05, 4.69) is 11.4 Å². The molecule has 1 aromatic heterocycles. The Morgan fingerprint density at radius 1 is 1.29 bits per heavy atom. The van der Waals surface area contributed by atoms with Gasteiger partial charge in [-0.1, -0.05) is 5.92 Å². The van der Waals surface area contributed by atoms with Gasteiger partial charge in [-0.15, -0.1) is 6.42 Å². The second kappa shape index (κ2) is 8.89. The Kier molecular flexibility index (Phi) is 6.31. The number of carbonyl (C=O) groups excluding carboxylic acids is 1. The van der Waals surface area contributed by atoms with Gasteiger partial charge in [-0.05, 0) is 54.8 Å². The zero-order valence-corrected chi connectivity index (χ0v) is 15.9. The minimum absolute atomic E-state index is 0.122. The molecule has 8 heteroatoms. The molecule has 1 saturated heterocycles. The number of hydrogen-bond donors (Lipinski definition) is 1. The molecule has 1 N–H and O–H groups in total. The van der Waals surface area contributed by atoms with Crippen LogP contribution in [-0.4, -0.2) is 31.2 Å². The SMILES string of the molecule is C#Cc1ccc(S(=O)(=O)n2ccc(C=CC(=O)NOC3CCCCO3)c2)cc1. The quantitative estimate of drug-likeness (QED) is 0.457. The number of hydroxylamine groups is 1. The molecule has 0 aliphatic carbocycles. The highest BCUT2D eigenvalue weighted by Crippen LogP contribution is 2.17. The lowest BCUT2D eigenvalue weighted by Crippen LogP contribution is -2.32. The van der Waals surface area contributed by atoms with Crippen LogP contribution in [0.3, 0.4) is 0 Å². The molecular formula is C20H20N2O5S. The summed E-state index contributed by atoms with van der Waals surface area (Å²) in [5.74, 6) is 1.98. The van der Waals surface area contributed by atoms with Crippen molar-refractivity contribution < 1.29 is 22.8 Å². The van der Waals surface area contributed by atoms with E-state index in [1.807, 2.05) is 0 Å². The second-order valence-corrected chi connectivity index (χ2v) is 8.01. The average molecular weight is 400 g/mol. The van der Waals surface area contributed by atoms with E-state index in [0.29, 0.717) is 17.7 Å². The first-order valence-electron chi connectivity index (χ1n) is 8.74. The normalized spacial score (nSPS) is 17.3. The van der Waals surface area contributed by atoms with Crippen LogP contribution in [-0.2, 0) is 24.4 Å². The Hall–Kier alpha value is -2.86. The first kappa shape index (κ1) is 19.9. The van der Waals surface area contributed by atoms with Crippen molar-refractivity contribution >= 4 is 22.0 Å². The van der Waals surface area contributed by atoms with Crippen LogP contribution in [0.25, 0.3) is 6.08 Å². The fourth-order valence-corrected chi connectivity index (χ4v) is 3.82. The minimum Gasteiger partial charge on any atom is -0.350 e. The van der Waals surface area contributed by atoms with Crippen molar-refractivity contribution in [3.05, 3.63) is 59.9 Å².